The molecule has 1 fully saturated rings. The molecule has 1 aromatic carbocycles. The fourth-order valence-electron chi connectivity index (χ4n) is 1.76. The number of hydrogen-bond acceptors (Lipinski definition) is 2. The van der Waals surface area contributed by atoms with Crippen molar-refractivity contribution in [3.8, 4) is 0 Å². The third kappa shape index (κ3) is 1.70. The molecule has 3 heteroatoms. The zero-order valence-corrected chi connectivity index (χ0v) is 8.31. The van der Waals surface area contributed by atoms with Crippen molar-refractivity contribution in [1.82, 2.24) is 10.9 Å². The standard InChI is InChI=1S/C10H13ClN2/c1-7-9(6-12-13-7)8-4-2-3-5-10(8)11/h2-5,7,9,12-13H,6H2,1H3. The van der Waals surface area contributed by atoms with Crippen molar-refractivity contribution in [3.05, 3.63) is 34.9 Å². The van der Waals surface area contributed by atoms with Gasteiger partial charge in [-0.05, 0) is 18.6 Å². The van der Waals surface area contributed by atoms with Gasteiger partial charge in [-0.15, -0.1) is 0 Å². The van der Waals surface area contributed by atoms with Crippen LogP contribution in [0.5, 0.6) is 0 Å². The average molecular weight is 197 g/mol. The summed E-state index contributed by atoms with van der Waals surface area (Å²) < 4.78 is 0. The molecule has 2 unspecified atom stereocenters. The van der Waals surface area contributed by atoms with E-state index in [1.54, 1.807) is 0 Å². The molecule has 0 spiro atoms. The summed E-state index contributed by atoms with van der Waals surface area (Å²) in [5.74, 6) is 0.480. The molecule has 0 bridgehead atoms. The predicted molar refractivity (Wildman–Crippen MR) is 54.8 cm³/mol. The van der Waals surface area contributed by atoms with Gasteiger partial charge in [-0.3, -0.25) is 10.9 Å². The molecule has 1 aromatic rings. The molecule has 1 aliphatic rings. The van der Waals surface area contributed by atoms with Crippen LogP contribution >= 0.6 is 11.6 Å². The third-order valence-electron chi connectivity index (χ3n) is 2.56. The molecule has 1 heterocycles. The first-order valence-electron chi connectivity index (χ1n) is 4.52. The van der Waals surface area contributed by atoms with Crippen LogP contribution in [0, 0.1) is 0 Å². The molecular weight excluding hydrogens is 184 g/mol. The van der Waals surface area contributed by atoms with Crippen LogP contribution in [0.15, 0.2) is 24.3 Å². The van der Waals surface area contributed by atoms with Gasteiger partial charge in [0.15, 0.2) is 0 Å². The van der Waals surface area contributed by atoms with Crippen molar-refractivity contribution in [2.45, 2.75) is 18.9 Å². The minimum absolute atomic E-state index is 0.444. The Balaban J connectivity index is 2.29. The summed E-state index contributed by atoms with van der Waals surface area (Å²) in [7, 11) is 0. The summed E-state index contributed by atoms with van der Waals surface area (Å²) in [6, 6.07) is 8.48. The van der Waals surface area contributed by atoms with Gasteiger partial charge in [0, 0.05) is 23.5 Å². The summed E-state index contributed by atoms with van der Waals surface area (Å²) in [5, 5.41) is 0.866. The molecule has 2 atom stereocenters. The summed E-state index contributed by atoms with van der Waals surface area (Å²) >= 11 is 6.11. The van der Waals surface area contributed by atoms with E-state index in [2.05, 4.69) is 23.8 Å². The second-order valence-corrected chi connectivity index (χ2v) is 3.85. The van der Waals surface area contributed by atoms with Crippen LogP contribution in [0.25, 0.3) is 0 Å². The Morgan fingerprint density at radius 1 is 1.38 bits per heavy atom. The van der Waals surface area contributed by atoms with Crippen LogP contribution < -0.4 is 10.9 Å². The number of hydrazine groups is 1. The van der Waals surface area contributed by atoms with E-state index >= 15 is 0 Å². The topological polar surface area (TPSA) is 24.1 Å². The van der Waals surface area contributed by atoms with Crippen molar-refractivity contribution in [2.75, 3.05) is 6.54 Å². The second-order valence-electron chi connectivity index (χ2n) is 3.44. The van der Waals surface area contributed by atoms with E-state index < -0.39 is 0 Å². The van der Waals surface area contributed by atoms with E-state index in [-0.39, 0.29) is 0 Å². The third-order valence-corrected chi connectivity index (χ3v) is 2.90. The normalized spacial score (nSPS) is 27.8. The van der Waals surface area contributed by atoms with Gasteiger partial charge in [0.25, 0.3) is 0 Å². The Bertz CT molecular complexity index is 301. The highest BCUT2D eigenvalue weighted by Crippen LogP contribution is 2.27. The molecule has 2 nitrogen and oxygen atoms in total. The highest BCUT2D eigenvalue weighted by atomic mass is 35.5. The Kier molecular flexibility index (Phi) is 2.54. The van der Waals surface area contributed by atoms with Gasteiger partial charge >= 0.3 is 0 Å². The van der Waals surface area contributed by atoms with Gasteiger partial charge in [0.05, 0.1) is 0 Å². The smallest absolute Gasteiger partial charge is 0.0441 e. The minimum Gasteiger partial charge on any atom is -0.257 e. The monoisotopic (exact) mass is 196 g/mol. The van der Waals surface area contributed by atoms with Crippen LogP contribution in [0.1, 0.15) is 18.4 Å². The van der Waals surface area contributed by atoms with E-state index in [4.69, 9.17) is 11.6 Å². The first kappa shape index (κ1) is 9.00. The molecule has 2 N–H and O–H groups in total. The molecule has 0 saturated carbocycles. The van der Waals surface area contributed by atoms with Crippen molar-refractivity contribution in [2.24, 2.45) is 0 Å². The number of halogens is 1. The van der Waals surface area contributed by atoms with E-state index in [1.807, 2.05) is 18.2 Å². The SMILES string of the molecule is CC1NNCC1c1ccccc1Cl. The lowest BCUT2D eigenvalue weighted by Gasteiger charge is -2.15. The van der Waals surface area contributed by atoms with Gasteiger partial charge in [0.2, 0.25) is 0 Å². The molecule has 13 heavy (non-hydrogen) atoms. The quantitative estimate of drug-likeness (QED) is 0.717. The van der Waals surface area contributed by atoms with Crippen molar-refractivity contribution in [3.63, 3.8) is 0 Å². The lowest BCUT2D eigenvalue weighted by atomic mass is 9.94. The van der Waals surface area contributed by atoms with E-state index in [9.17, 15) is 0 Å². The molecule has 1 saturated heterocycles. The van der Waals surface area contributed by atoms with Crippen molar-refractivity contribution in [1.29, 1.82) is 0 Å². The highest BCUT2D eigenvalue weighted by Gasteiger charge is 2.25. The van der Waals surface area contributed by atoms with E-state index in [0.717, 1.165) is 11.6 Å². The first-order valence-corrected chi connectivity index (χ1v) is 4.89. The zero-order chi connectivity index (χ0) is 9.26. The van der Waals surface area contributed by atoms with Gasteiger partial charge in [0.1, 0.15) is 0 Å². The van der Waals surface area contributed by atoms with Gasteiger partial charge < -0.3 is 0 Å². The zero-order valence-electron chi connectivity index (χ0n) is 7.55. The first-order chi connectivity index (χ1) is 6.29. The maximum atomic E-state index is 6.11. The second kappa shape index (κ2) is 3.66. The Morgan fingerprint density at radius 3 is 2.77 bits per heavy atom. The van der Waals surface area contributed by atoms with Gasteiger partial charge in [-0.25, -0.2) is 0 Å². The Labute approximate surface area is 83.3 Å². The number of hydrogen-bond donors (Lipinski definition) is 2. The van der Waals surface area contributed by atoms with Crippen molar-refractivity contribution >= 4 is 11.6 Å². The number of rotatable bonds is 1. The van der Waals surface area contributed by atoms with Crippen LogP contribution in [-0.2, 0) is 0 Å². The molecule has 70 valence electrons. The highest BCUT2D eigenvalue weighted by molar-refractivity contribution is 6.31. The van der Waals surface area contributed by atoms with Crippen LogP contribution in [0.4, 0.5) is 0 Å². The summed E-state index contributed by atoms with van der Waals surface area (Å²) in [6.45, 7) is 3.11. The summed E-state index contributed by atoms with van der Waals surface area (Å²) in [6.07, 6.45) is 0. The predicted octanol–water partition coefficient (Wildman–Crippen LogP) is 1.92. The largest absolute Gasteiger partial charge is 0.257 e. The lowest BCUT2D eigenvalue weighted by molar-refractivity contribution is 0.570. The molecule has 0 amide bonds. The summed E-state index contributed by atoms with van der Waals surface area (Å²) in [4.78, 5) is 0. The molecule has 2 rings (SSSR count). The fourth-order valence-corrected chi connectivity index (χ4v) is 2.04. The Hall–Kier alpha value is -0.570. The molecule has 1 aliphatic heterocycles. The van der Waals surface area contributed by atoms with Crippen LogP contribution in [0.3, 0.4) is 0 Å². The van der Waals surface area contributed by atoms with Crippen LogP contribution in [0.2, 0.25) is 5.02 Å². The molecule has 0 radical (unpaired) electrons. The van der Waals surface area contributed by atoms with Gasteiger partial charge in [-0.2, -0.15) is 0 Å². The lowest BCUT2D eigenvalue weighted by Crippen LogP contribution is -2.28. The molecule has 0 aromatic heterocycles. The Morgan fingerprint density at radius 2 is 2.15 bits per heavy atom. The maximum absolute atomic E-state index is 6.11. The van der Waals surface area contributed by atoms with Gasteiger partial charge in [-0.1, -0.05) is 29.8 Å². The van der Waals surface area contributed by atoms with Crippen LogP contribution in [-0.4, -0.2) is 12.6 Å². The molecule has 0 aliphatic carbocycles. The van der Waals surface area contributed by atoms with E-state index in [1.165, 1.54) is 5.56 Å². The molecular formula is C10H13ClN2. The number of benzene rings is 1. The van der Waals surface area contributed by atoms with Crippen molar-refractivity contribution < 1.29 is 0 Å². The summed E-state index contributed by atoms with van der Waals surface area (Å²) in [5.41, 5.74) is 7.56. The number of nitrogens with one attached hydrogen (secondary N) is 2. The fraction of sp³-hybridized carbons (Fsp3) is 0.400. The maximum Gasteiger partial charge on any atom is 0.0441 e. The van der Waals surface area contributed by atoms with E-state index in [0.29, 0.717) is 12.0 Å². The minimum atomic E-state index is 0.444. The average Bonchev–Trinajstić information content (AvgIpc) is 2.52.